The van der Waals surface area contributed by atoms with Crippen LogP contribution in [0.15, 0.2) is 45.9 Å². The molecule has 0 aromatic heterocycles. The van der Waals surface area contributed by atoms with Gasteiger partial charge in [0.2, 0.25) is 10.0 Å². The van der Waals surface area contributed by atoms with Crippen molar-refractivity contribution in [1.29, 1.82) is 0 Å². The van der Waals surface area contributed by atoms with Crippen LogP contribution in [0.4, 0.5) is 0 Å². The van der Waals surface area contributed by atoms with E-state index in [-0.39, 0.29) is 21.6 Å². The van der Waals surface area contributed by atoms with Gasteiger partial charge in [-0.2, -0.15) is 5.10 Å². The number of rotatable bonds is 3. The average Bonchev–Trinajstić information content (AvgIpc) is 3.11. The third-order valence-corrected chi connectivity index (χ3v) is 10.4. The van der Waals surface area contributed by atoms with Crippen LogP contribution in [0.2, 0.25) is 0 Å². The molecule has 5 unspecified atom stereocenters. The number of primary sulfonamides is 1. The first-order valence-corrected chi connectivity index (χ1v) is 13.8. The number of sulfonamides is 1. The minimum Gasteiger partial charge on any atom is -0.299 e. The van der Waals surface area contributed by atoms with Gasteiger partial charge in [-0.05, 0) is 98.5 Å². The highest BCUT2D eigenvalue weighted by molar-refractivity contribution is 7.89. The number of hydrazone groups is 1. The Balaban J connectivity index is 1.30. The van der Waals surface area contributed by atoms with Crippen LogP contribution in [0.1, 0.15) is 75.6 Å². The molecule has 0 radical (unpaired) electrons. The smallest absolute Gasteiger partial charge is 0.271 e. The van der Waals surface area contributed by atoms with Crippen molar-refractivity contribution in [3.63, 3.8) is 0 Å². The van der Waals surface area contributed by atoms with Crippen molar-refractivity contribution < 1.29 is 18.0 Å². The second-order valence-electron chi connectivity index (χ2n) is 11.0. The molecule has 1 aromatic rings. The molecule has 0 heterocycles. The van der Waals surface area contributed by atoms with Crippen LogP contribution >= 0.6 is 0 Å². The lowest BCUT2D eigenvalue weighted by Gasteiger charge is -2.57. The lowest BCUT2D eigenvalue weighted by Crippen LogP contribution is -2.50. The Hall–Kier alpha value is -2.32. The molecule has 4 aliphatic carbocycles. The molecule has 3 fully saturated rings. The van der Waals surface area contributed by atoms with E-state index in [2.05, 4.69) is 30.5 Å². The maximum absolute atomic E-state index is 12.6. The van der Waals surface area contributed by atoms with Crippen LogP contribution in [-0.2, 0) is 14.8 Å². The van der Waals surface area contributed by atoms with E-state index in [9.17, 15) is 18.0 Å². The zero-order valence-corrected chi connectivity index (χ0v) is 20.7. The number of carbonyl (C=O) groups excluding carboxylic acids is 2. The maximum Gasteiger partial charge on any atom is 0.271 e. The number of benzene rings is 1. The van der Waals surface area contributed by atoms with Crippen molar-refractivity contribution in [2.24, 2.45) is 38.8 Å². The summed E-state index contributed by atoms with van der Waals surface area (Å²) in [4.78, 5) is 25.1. The summed E-state index contributed by atoms with van der Waals surface area (Å²) in [7, 11) is -3.80. The second-order valence-corrected chi connectivity index (χ2v) is 12.6. The van der Waals surface area contributed by atoms with Crippen LogP contribution in [0.25, 0.3) is 0 Å². The van der Waals surface area contributed by atoms with Crippen LogP contribution in [0.3, 0.4) is 0 Å². The molecule has 0 saturated heterocycles. The lowest BCUT2D eigenvalue weighted by atomic mass is 9.47. The Labute approximate surface area is 201 Å². The van der Waals surface area contributed by atoms with Gasteiger partial charge in [-0.1, -0.05) is 19.4 Å². The number of ketones is 1. The van der Waals surface area contributed by atoms with E-state index in [0.29, 0.717) is 29.1 Å². The molecule has 34 heavy (non-hydrogen) atoms. The summed E-state index contributed by atoms with van der Waals surface area (Å²) < 4.78 is 22.8. The fourth-order valence-corrected chi connectivity index (χ4v) is 7.93. The van der Waals surface area contributed by atoms with Crippen LogP contribution in [0, 0.1) is 28.6 Å². The summed E-state index contributed by atoms with van der Waals surface area (Å²) >= 11 is 0. The number of Topliss-reactive ketones (excluding diaryl/α,β-unsaturated/α-hetero) is 1. The van der Waals surface area contributed by atoms with Crippen molar-refractivity contribution in [2.45, 2.75) is 70.1 Å². The molecule has 1 aromatic carbocycles. The van der Waals surface area contributed by atoms with E-state index in [1.54, 1.807) is 0 Å². The van der Waals surface area contributed by atoms with Gasteiger partial charge in [0.05, 0.1) is 10.6 Å². The quantitative estimate of drug-likeness (QED) is 0.633. The number of carbonyl (C=O) groups is 2. The normalized spacial score (nSPS) is 36.3. The van der Waals surface area contributed by atoms with Crippen molar-refractivity contribution in [3.05, 3.63) is 41.5 Å². The number of nitrogens with zero attached hydrogens (tertiary/aromatic N) is 1. The predicted octanol–water partition coefficient (Wildman–Crippen LogP) is 3.95. The molecule has 5 atom stereocenters. The third-order valence-electron chi connectivity index (χ3n) is 9.43. The Kier molecular flexibility index (Phi) is 5.60. The maximum atomic E-state index is 12.6. The van der Waals surface area contributed by atoms with Gasteiger partial charge in [0.15, 0.2) is 0 Å². The monoisotopic (exact) mass is 483 g/mol. The Morgan fingerprint density at radius 2 is 1.71 bits per heavy atom. The van der Waals surface area contributed by atoms with Gasteiger partial charge in [-0.25, -0.2) is 19.0 Å². The summed E-state index contributed by atoms with van der Waals surface area (Å²) in [6.45, 7) is 4.62. The highest BCUT2D eigenvalue weighted by Gasteiger charge is 2.58. The second kappa shape index (κ2) is 8.12. The van der Waals surface area contributed by atoms with Crippen molar-refractivity contribution in [3.8, 4) is 0 Å². The Morgan fingerprint density at radius 3 is 2.41 bits per heavy atom. The summed E-state index contributed by atoms with van der Waals surface area (Å²) in [5.74, 6) is 1.87. The van der Waals surface area contributed by atoms with Gasteiger partial charge in [0.1, 0.15) is 5.78 Å². The summed E-state index contributed by atoms with van der Waals surface area (Å²) in [6.07, 6.45) is 10.1. The third kappa shape index (κ3) is 3.75. The minimum absolute atomic E-state index is 0.0349. The molecule has 0 aliphatic heterocycles. The van der Waals surface area contributed by atoms with Gasteiger partial charge >= 0.3 is 0 Å². The molecule has 4 aliphatic rings. The molecule has 5 rings (SSSR count). The average molecular weight is 484 g/mol. The van der Waals surface area contributed by atoms with Crippen LogP contribution < -0.4 is 10.6 Å². The molecular weight excluding hydrogens is 450 g/mol. The van der Waals surface area contributed by atoms with E-state index in [1.165, 1.54) is 29.8 Å². The number of nitrogens with two attached hydrogens (primary N) is 1. The fourth-order valence-electron chi connectivity index (χ4n) is 7.41. The molecule has 0 bridgehead atoms. The van der Waals surface area contributed by atoms with Crippen LogP contribution in [-0.4, -0.2) is 25.8 Å². The largest absolute Gasteiger partial charge is 0.299 e. The first-order valence-electron chi connectivity index (χ1n) is 12.3. The van der Waals surface area contributed by atoms with Crippen molar-refractivity contribution >= 4 is 27.4 Å². The number of amides is 1. The predicted molar refractivity (Wildman–Crippen MR) is 129 cm³/mol. The summed E-state index contributed by atoms with van der Waals surface area (Å²) in [5.41, 5.74) is 5.28. The summed E-state index contributed by atoms with van der Waals surface area (Å²) in [5, 5.41) is 9.49. The molecule has 182 valence electrons. The fraction of sp³-hybridized carbons (Fsp3) is 0.577. The number of hydrogen-bond acceptors (Lipinski definition) is 5. The number of fused-ring (bicyclic) bond motifs is 5. The van der Waals surface area contributed by atoms with Crippen molar-refractivity contribution in [1.82, 2.24) is 5.43 Å². The molecule has 3 N–H and O–H groups in total. The van der Waals surface area contributed by atoms with Gasteiger partial charge in [0.25, 0.3) is 5.91 Å². The van der Waals surface area contributed by atoms with Gasteiger partial charge < -0.3 is 0 Å². The molecule has 0 spiro atoms. The van der Waals surface area contributed by atoms with E-state index in [4.69, 9.17) is 5.14 Å². The zero-order valence-electron chi connectivity index (χ0n) is 19.8. The van der Waals surface area contributed by atoms with E-state index in [0.717, 1.165) is 57.1 Å². The Bertz CT molecular complexity index is 1200. The highest BCUT2D eigenvalue weighted by atomic mass is 32.2. The molecule has 7 nitrogen and oxygen atoms in total. The summed E-state index contributed by atoms with van der Waals surface area (Å²) in [6, 6.07) is 5.49. The van der Waals surface area contributed by atoms with Gasteiger partial charge in [-0.3, -0.25) is 9.59 Å². The number of nitrogens with one attached hydrogen (secondary N) is 1. The topological polar surface area (TPSA) is 119 Å². The van der Waals surface area contributed by atoms with Gasteiger partial charge in [-0.15, -0.1) is 0 Å². The highest BCUT2D eigenvalue weighted by Crippen LogP contribution is 2.64. The van der Waals surface area contributed by atoms with E-state index < -0.39 is 10.0 Å². The molecule has 1 amide bonds. The van der Waals surface area contributed by atoms with Crippen LogP contribution in [0.5, 0.6) is 0 Å². The molecular formula is C26H33N3O4S. The molecule has 3 saturated carbocycles. The van der Waals surface area contributed by atoms with E-state index >= 15 is 0 Å². The SMILES string of the molecule is CC12CCC3C(CCC4=C/C(=N\NC(=O)c5ccc(S(N)(=O)=O)cc5)CCC43C)C1CCC2=O. The first-order chi connectivity index (χ1) is 16.0. The zero-order chi connectivity index (χ0) is 24.3. The van der Waals surface area contributed by atoms with Crippen molar-refractivity contribution in [2.75, 3.05) is 0 Å². The standard InChI is InChI=1S/C26H33N3O4S/c1-25-13-11-18(28-29-24(31)16-3-6-19(7-4-16)34(27,32)33)15-17(25)5-8-20-21-9-10-23(30)26(21,2)14-12-22(20)25/h3-4,6-7,15,20-22H,5,8-14H2,1-2H3,(H,29,31)(H2,27,32,33)/b28-18-. The van der Waals surface area contributed by atoms with E-state index in [1.807, 2.05) is 0 Å². The number of hydrogen-bond donors (Lipinski definition) is 2. The first kappa shape index (κ1) is 23.4. The number of allylic oxidation sites excluding steroid dienone is 2. The minimum atomic E-state index is -3.80. The molecule has 8 heteroatoms. The Morgan fingerprint density at radius 1 is 1.00 bits per heavy atom. The lowest BCUT2D eigenvalue weighted by molar-refractivity contribution is -0.132. The van der Waals surface area contributed by atoms with Gasteiger partial charge in [0, 0.05) is 17.4 Å².